The molecule has 1 unspecified atom stereocenters. The van der Waals surface area contributed by atoms with Gasteiger partial charge in [0.05, 0.1) is 20.3 Å². The molecule has 1 fully saturated rings. The summed E-state index contributed by atoms with van der Waals surface area (Å²) in [5, 5.41) is 0. The van der Waals surface area contributed by atoms with Crippen molar-refractivity contribution in [1.29, 1.82) is 0 Å². The Labute approximate surface area is 179 Å². The molecule has 1 heterocycles. The number of hydrogen-bond donors (Lipinski definition) is 0. The second-order valence-corrected chi connectivity index (χ2v) is 7.33. The van der Waals surface area contributed by atoms with Crippen LogP contribution in [0.25, 0.3) is 0 Å². The predicted octanol–water partition coefficient (Wildman–Crippen LogP) is 3.52. The zero-order chi connectivity index (χ0) is 21.8. The van der Waals surface area contributed by atoms with Gasteiger partial charge in [-0.1, -0.05) is 38.8 Å². The number of methoxy groups -OCH3 is 2. The smallest absolute Gasteiger partial charge is 0.198 e. The second-order valence-electron chi connectivity index (χ2n) is 7.33. The zero-order valence-electron chi connectivity index (χ0n) is 18.6. The minimum atomic E-state index is -0.865. The summed E-state index contributed by atoms with van der Waals surface area (Å²) in [7, 11) is 3.13. The largest absolute Gasteiger partial charge is 0.497 e. The van der Waals surface area contributed by atoms with E-state index in [1.807, 2.05) is 24.3 Å². The van der Waals surface area contributed by atoms with E-state index in [2.05, 4.69) is 13.8 Å². The van der Waals surface area contributed by atoms with Crippen LogP contribution < -0.4 is 4.74 Å². The molecule has 1 aliphatic rings. The molecule has 0 spiro atoms. The van der Waals surface area contributed by atoms with Gasteiger partial charge in [0.15, 0.2) is 18.2 Å². The fourth-order valence-electron chi connectivity index (χ4n) is 3.16. The third-order valence-corrected chi connectivity index (χ3v) is 5.00. The fourth-order valence-corrected chi connectivity index (χ4v) is 3.16. The summed E-state index contributed by atoms with van der Waals surface area (Å²) in [5.41, 5.74) is 0.923. The fraction of sp³-hybridized carbons (Fsp3) is 0.696. The SMILES string of the molecule is CCCCOCC1O[C@@H](OC)[C@@H](OCc2ccc(OC)cc2)C(=O)[C@H]1OCCCC. The summed E-state index contributed by atoms with van der Waals surface area (Å²) in [6.07, 6.45) is 0.946. The lowest BCUT2D eigenvalue weighted by molar-refractivity contribution is -0.264. The number of carbonyl (C=O) groups excluding carboxylic acids is 1. The monoisotopic (exact) mass is 424 g/mol. The van der Waals surface area contributed by atoms with Crippen LogP contribution in [-0.2, 0) is 35.1 Å². The lowest BCUT2D eigenvalue weighted by Crippen LogP contribution is -2.58. The standard InChI is InChI=1S/C23H36O7/c1-5-7-13-27-16-19-21(28-14-8-6-2)20(24)22(23(26-4)30-19)29-15-17-9-11-18(25-3)12-10-17/h9-12,19,21-23H,5-8,13-16H2,1-4H3/t19?,21-,22-,23+/m0/s1. The number of rotatable bonds is 14. The first-order valence-corrected chi connectivity index (χ1v) is 10.8. The Morgan fingerprint density at radius 3 is 2.27 bits per heavy atom. The molecule has 0 aliphatic carbocycles. The summed E-state index contributed by atoms with van der Waals surface area (Å²) in [4.78, 5) is 13.2. The Hall–Kier alpha value is -1.51. The van der Waals surface area contributed by atoms with Gasteiger partial charge in [-0.25, -0.2) is 0 Å². The maximum Gasteiger partial charge on any atom is 0.198 e. The van der Waals surface area contributed by atoms with Gasteiger partial charge in [0.1, 0.15) is 18.0 Å². The molecule has 0 saturated carbocycles. The molecule has 0 N–H and O–H groups in total. The van der Waals surface area contributed by atoms with Gasteiger partial charge in [0, 0.05) is 20.3 Å². The Morgan fingerprint density at radius 1 is 0.933 bits per heavy atom. The van der Waals surface area contributed by atoms with E-state index in [9.17, 15) is 4.79 Å². The van der Waals surface area contributed by atoms with Crippen LogP contribution in [0.15, 0.2) is 24.3 Å². The van der Waals surface area contributed by atoms with Crippen LogP contribution in [0.4, 0.5) is 0 Å². The number of ether oxygens (including phenoxy) is 6. The Kier molecular flexibility index (Phi) is 11.3. The van der Waals surface area contributed by atoms with Gasteiger partial charge >= 0.3 is 0 Å². The van der Waals surface area contributed by atoms with Crippen LogP contribution in [0.2, 0.25) is 0 Å². The highest BCUT2D eigenvalue weighted by Gasteiger charge is 2.46. The van der Waals surface area contributed by atoms with Gasteiger partial charge in [-0.2, -0.15) is 0 Å². The van der Waals surface area contributed by atoms with E-state index in [0.29, 0.717) is 13.2 Å². The lowest BCUT2D eigenvalue weighted by Gasteiger charge is -2.39. The third-order valence-electron chi connectivity index (χ3n) is 5.00. The van der Waals surface area contributed by atoms with Crippen molar-refractivity contribution < 1.29 is 33.2 Å². The molecule has 1 aromatic carbocycles. The van der Waals surface area contributed by atoms with E-state index < -0.39 is 24.6 Å². The number of ketones is 1. The van der Waals surface area contributed by atoms with Crippen molar-refractivity contribution in [1.82, 2.24) is 0 Å². The van der Waals surface area contributed by atoms with Crippen LogP contribution in [0.5, 0.6) is 5.75 Å². The van der Waals surface area contributed by atoms with E-state index in [-0.39, 0.29) is 19.0 Å². The average molecular weight is 425 g/mol. The molecule has 0 bridgehead atoms. The minimum Gasteiger partial charge on any atom is -0.497 e. The molecule has 7 nitrogen and oxygen atoms in total. The lowest BCUT2D eigenvalue weighted by atomic mass is 10.0. The molecule has 4 atom stereocenters. The van der Waals surface area contributed by atoms with Gasteiger partial charge in [-0.05, 0) is 30.5 Å². The molecule has 0 radical (unpaired) electrons. The van der Waals surface area contributed by atoms with Crippen molar-refractivity contribution in [3.8, 4) is 5.75 Å². The molecule has 7 heteroatoms. The van der Waals surface area contributed by atoms with Crippen LogP contribution in [0.3, 0.4) is 0 Å². The Bertz CT molecular complexity index is 604. The topological polar surface area (TPSA) is 72.5 Å². The van der Waals surface area contributed by atoms with Crippen molar-refractivity contribution in [3.63, 3.8) is 0 Å². The predicted molar refractivity (Wildman–Crippen MR) is 113 cm³/mol. The van der Waals surface area contributed by atoms with Gasteiger partial charge < -0.3 is 28.4 Å². The van der Waals surface area contributed by atoms with E-state index in [1.54, 1.807) is 7.11 Å². The second kappa shape index (κ2) is 13.7. The number of unbranched alkanes of at least 4 members (excludes halogenated alkanes) is 2. The van der Waals surface area contributed by atoms with Gasteiger partial charge in [0.2, 0.25) is 0 Å². The Morgan fingerprint density at radius 2 is 1.63 bits per heavy atom. The average Bonchev–Trinajstić information content (AvgIpc) is 2.77. The zero-order valence-corrected chi connectivity index (χ0v) is 18.6. The maximum atomic E-state index is 13.2. The third kappa shape index (κ3) is 7.32. The molecule has 2 rings (SSSR count). The molecule has 1 aliphatic heterocycles. The minimum absolute atomic E-state index is 0.165. The van der Waals surface area contributed by atoms with Crippen molar-refractivity contribution in [2.45, 2.75) is 70.7 Å². The quantitative estimate of drug-likeness (QED) is 0.423. The summed E-state index contributed by atoms with van der Waals surface area (Å²) >= 11 is 0. The van der Waals surface area contributed by atoms with Crippen molar-refractivity contribution >= 4 is 5.78 Å². The molecule has 0 amide bonds. The molecule has 1 saturated heterocycles. The molecule has 30 heavy (non-hydrogen) atoms. The van der Waals surface area contributed by atoms with E-state index >= 15 is 0 Å². The van der Waals surface area contributed by atoms with Crippen LogP contribution in [0.1, 0.15) is 45.1 Å². The number of carbonyl (C=O) groups is 1. The van der Waals surface area contributed by atoms with Gasteiger partial charge in [0.25, 0.3) is 0 Å². The van der Waals surface area contributed by atoms with Crippen LogP contribution in [0, 0.1) is 0 Å². The summed E-state index contributed by atoms with van der Waals surface area (Å²) in [6, 6.07) is 7.50. The highest BCUT2D eigenvalue weighted by atomic mass is 16.7. The Balaban J connectivity index is 2.03. The highest BCUT2D eigenvalue weighted by molar-refractivity contribution is 5.89. The van der Waals surface area contributed by atoms with Gasteiger partial charge in [-0.15, -0.1) is 0 Å². The van der Waals surface area contributed by atoms with Crippen molar-refractivity contribution in [2.75, 3.05) is 34.0 Å². The summed E-state index contributed by atoms with van der Waals surface area (Å²) < 4.78 is 34.2. The number of Topliss-reactive ketones (excluding diaryl/α,β-unsaturated/α-hetero) is 1. The highest BCUT2D eigenvalue weighted by Crippen LogP contribution is 2.25. The summed E-state index contributed by atoms with van der Waals surface area (Å²) in [6.45, 7) is 5.84. The first-order valence-electron chi connectivity index (χ1n) is 10.8. The number of hydrogen-bond acceptors (Lipinski definition) is 7. The van der Waals surface area contributed by atoms with Crippen molar-refractivity contribution in [3.05, 3.63) is 29.8 Å². The van der Waals surface area contributed by atoms with E-state index in [0.717, 1.165) is 37.0 Å². The first-order chi connectivity index (χ1) is 14.6. The first kappa shape index (κ1) is 24.8. The number of benzene rings is 1. The molecule has 170 valence electrons. The normalized spacial score (nSPS) is 24.2. The molecular weight excluding hydrogens is 388 g/mol. The molecular formula is C23H36O7. The van der Waals surface area contributed by atoms with E-state index in [4.69, 9.17) is 28.4 Å². The molecule has 1 aromatic rings. The van der Waals surface area contributed by atoms with Crippen LogP contribution >= 0.6 is 0 Å². The van der Waals surface area contributed by atoms with Crippen molar-refractivity contribution in [2.24, 2.45) is 0 Å². The molecule has 0 aromatic heterocycles. The summed E-state index contributed by atoms with van der Waals surface area (Å²) in [5.74, 6) is 0.600. The van der Waals surface area contributed by atoms with Gasteiger partial charge in [-0.3, -0.25) is 4.79 Å². The maximum absolute atomic E-state index is 13.2. The van der Waals surface area contributed by atoms with Crippen LogP contribution in [-0.4, -0.2) is 64.4 Å². The van der Waals surface area contributed by atoms with E-state index in [1.165, 1.54) is 7.11 Å².